The van der Waals surface area contributed by atoms with E-state index in [-0.39, 0.29) is 5.69 Å². The van der Waals surface area contributed by atoms with Crippen molar-refractivity contribution >= 4 is 28.3 Å². The van der Waals surface area contributed by atoms with E-state index in [2.05, 4.69) is 0 Å². The molecule has 0 saturated heterocycles. The van der Waals surface area contributed by atoms with Gasteiger partial charge in [-0.2, -0.15) is 0 Å². The Hall–Kier alpha value is -2.76. The van der Waals surface area contributed by atoms with Crippen molar-refractivity contribution in [3.63, 3.8) is 0 Å². The molecule has 0 atom stereocenters. The summed E-state index contributed by atoms with van der Waals surface area (Å²) in [7, 11) is 1.40. The molecule has 0 aliphatic carbocycles. The van der Waals surface area contributed by atoms with Crippen molar-refractivity contribution in [3.8, 4) is 0 Å². The predicted molar refractivity (Wildman–Crippen MR) is 78.4 cm³/mol. The molecular weight excluding hydrogens is 272 g/mol. The highest BCUT2D eigenvalue weighted by Crippen LogP contribution is 2.34. The Labute approximate surface area is 121 Å². The zero-order chi connectivity index (χ0) is 15.7. The monoisotopic (exact) mass is 286 g/mol. The summed E-state index contributed by atoms with van der Waals surface area (Å²) >= 11 is 0. The maximum absolute atomic E-state index is 12.0. The highest BCUT2D eigenvalue weighted by Gasteiger charge is 2.32. The van der Waals surface area contributed by atoms with Gasteiger partial charge < -0.3 is 0 Å². The first-order chi connectivity index (χ1) is 10.0. The fourth-order valence-electron chi connectivity index (χ4n) is 2.36. The van der Waals surface area contributed by atoms with E-state index in [1.54, 1.807) is 18.2 Å². The number of nitro groups is 1. The second-order valence-corrected chi connectivity index (χ2v) is 4.29. The van der Waals surface area contributed by atoms with Crippen molar-refractivity contribution in [2.45, 2.75) is 13.8 Å². The van der Waals surface area contributed by atoms with Crippen molar-refractivity contribution in [2.75, 3.05) is 7.05 Å². The third-order valence-electron chi connectivity index (χ3n) is 3.28. The van der Waals surface area contributed by atoms with Gasteiger partial charge in [0.05, 0.1) is 10.3 Å². The van der Waals surface area contributed by atoms with Crippen LogP contribution < -0.4 is 0 Å². The number of hydrogen-bond acceptors (Lipinski definition) is 4. The van der Waals surface area contributed by atoms with Gasteiger partial charge in [0.15, 0.2) is 0 Å². The summed E-state index contributed by atoms with van der Waals surface area (Å²) in [6.45, 7) is 4.00. The van der Waals surface area contributed by atoms with E-state index < -0.39 is 16.7 Å². The molecule has 6 heteroatoms. The van der Waals surface area contributed by atoms with Crippen LogP contribution in [-0.2, 0) is 0 Å². The number of hydrogen-bond donors (Lipinski definition) is 0. The average Bonchev–Trinajstić information content (AvgIpc) is 2.51. The molecule has 108 valence electrons. The van der Waals surface area contributed by atoms with Crippen molar-refractivity contribution in [3.05, 3.63) is 51.6 Å². The minimum absolute atomic E-state index is 0.106. The molecule has 0 fully saturated rings. The van der Waals surface area contributed by atoms with Crippen LogP contribution in [0, 0.1) is 10.1 Å². The fourth-order valence-corrected chi connectivity index (χ4v) is 2.36. The van der Waals surface area contributed by atoms with Gasteiger partial charge in [0.1, 0.15) is 0 Å². The van der Waals surface area contributed by atoms with Crippen LogP contribution in [0.25, 0.3) is 10.8 Å². The molecule has 0 spiro atoms. The molecule has 1 heterocycles. The van der Waals surface area contributed by atoms with Crippen LogP contribution in [0.15, 0.2) is 30.3 Å². The first-order valence-corrected chi connectivity index (χ1v) is 6.55. The van der Waals surface area contributed by atoms with Crippen LogP contribution in [0.5, 0.6) is 0 Å². The van der Waals surface area contributed by atoms with E-state index in [0.29, 0.717) is 21.9 Å². The summed E-state index contributed by atoms with van der Waals surface area (Å²) in [5.74, 6) is -0.882. The number of non-ortho nitro benzene ring substituents is 1. The average molecular weight is 286 g/mol. The largest absolute Gasteiger partial charge is 0.277 e. The lowest BCUT2D eigenvalue weighted by molar-refractivity contribution is -0.383. The van der Waals surface area contributed by atoms with Gasteiger partial charge in [-0.05, 0) is 18.2 Å². The molecule has 0 radical (unpaired) electrons. The molecule has 0 aromatic heterocycles. The van der Waals surface area contributed by atoms with Crippen molar-refractivity contribution in [2.24, 2.45) is 0 Å². The Morgan fingerprint density at radius 3 is 2.14 bits per heavy atom. The van der Waals surface area contributed by atoms with Crippen LogP contribution >= 0.6 is 0 Å². The zero-order valence-electron chi connectivity index (χ0n) is 11.9. The number of amides is 2. The van der Waals surface area contributed by atoms with Gasteiger partial charge in [0, 0.05) is 29.6 Å². The zero-order valence-corrected chi connectivity index (χ0v) is 11.9. The maximum Gasteiger partial charge on any atom is 0.277 e. The first kappa shape index (κ1) is 14.6. The molecule has 0 bridgehead atoms. The van der Waals surface area contributed by atoms with Crippen LogP contribution in [0.2, 0.25) is 0 Å². The fraction of sp³-hybridized carbons (Fsp3) is 0.200. The molecular formula is C15H14N2O4. The van der Waals surface area contributed by atoms with E-state index >= 15 is 0 Å². The highest BCUT2D eigenvalue weighted by atomic mass is 16.6. The summed E-state index contributed by atoms with van der Waals surface area (Å²) in [5.41, 5.74) is 0.530. The number of nitro benzene ring substituents is 1. The molecule has 2 amide bonds. The number of carbonyl (C=O) groups excluding carboxylic acids is 2. The van der Waals surface area contributed by atoms with Crippen molar-refractivity contribution in [1.82, 2.24) is 4.90 Å². The second-order valence-electron chi connectivity index (χ2n) is 4.29. The topological polar surface area (TPSA) is 80.5 Å². The molecule has 6 nitrogen and oxygen atoms in total. The molecule has 21 heavy (non-hydrogen) atoms. The number of rotatable bonds is 1. The van der Waals surface area contributed by atoms with Crippen molar-refractivity contribution < 1.29 is 14.5 Å². The van der Waals surface area contributed by atoms with E-state index in [0.717, 1.165) is 4.90 Å². The Morgan fingerprint density at radius 1 is 1.00 bits per heavy atom. The Bertz CT molecular complexity index is 745. The highest BCUT2D eigenvalue weighted by molar-refractivity contribution is 6.26. The number of nitrogens with zero attached hydrogens (tertiary/aromatic N) is 2. The summed E-state index contributed by atoms with van der Waals surface area (Å²) in [6, 6.07) is 7.39. The minimum atomic E-state index is -0.518. The Balaban J connectivity index is 0.000000774. The molecule has 1 aliphatic heterocycles. The van der Waals surface area contributed by atoms with Gasteiger partial charge >= 0.3 is 0 Å². The predicted octanol–water partition coefficient (Wildman–Crippen LogP) is 3.00. The van der Waals surface area contributed by atoms with Gasteiger partial charge in [-0.15, -0.1) is 0 Å². The standard InChI is InChI=1S/C13H8N2O4.C2H6/c1-14-12(16)8-4-2-3-7-10(15(18)19)6-5-9(11(7)8)13(14)17;1-2/h2-6H,1H3;1-2H3. The second kappa shape index (κ2) is 5.32. The van der Waals surface area contributed by atoms with E-state index in [1.807, 2.05) is 13.8 Å². The van der Waals surface area contributed by atoms with Gasteiger partial charge in [-0.3, -0.25) is 24.6 Å². The van der Waals surface area contributed by atoms with Crippen molar-refractivity contribution in [1.29, 1.82) is 0 Å². The van der Waals surface area contributed by atoms with Gasteiger partial charge in [0.2, 0.25) is 0 Å². The van der Waals surface area contributed by atoms with Gasteiger partial charge in [0.25, 0.3) is 17.5 Å². The van der Waals surface area contributed by atoms with Crippen LogP contribution in [-0.4, -0.2) is 28.7 Å². The molecule has 0 unspecified atom stereocenters. The summed E-state index contributed by atoms with van der Waals surface area (Å²) in [4.78, 5) is 35.6. The summed E-state index contributed by atoms with van der Waals surface area (Å²) in [5, 5.41) is 11.7. The Morgan fingerprint density at radius 2 is 1.57 bits per heavy atom. The molecule has 0 saturated carbocycles. The maximum atomic E-state index is 12.0. The summed E-state index contributed by atoms with van der Waals surface area (Å²) < 4.78 is 0. The van der Waals surface area contributed by atoms with E-state index in [4.69, 9.17) is 0 Å². The van der Waals surface area contributed by atoms with E-state index in [1.165, 1.54) is 19.2 Å². The third kappa shape index (κ3) is 2.05. The molecule has 1 aliphatic rings. The van der Waals surface area contributed by atoms with Crippen LogP contribution in [0.3, 0.4) is 0 Å². The number of carbonyl (C=O) groups is 2. The lowest BCUT2D eigenvalue weighted by atomic mass is 9.93. The van der Waals surface area contributed by atoms with E-state index in [9.17, 15) is 19.7 Å². The van der Waals surface area contributed by atoms with Gasteiger partial charge in [-0.25, -0.2) is 0 Å². The molecule has 3 rings (SSSR count). The SMILES string of the molecule is CC.CN1C(=O)c2cccc3c([N+](=O)[O-])ccc(c23)C1=O. The normalized spacial score (nSPS) is 13.0. The molecule has 2 aromatic carbocycles. The Kier molecular flexibility index (Phi) is 3.71. The van der Waals surface area contributed by atoms with Crippen LogP contribution in [0.4, 0.5) is 5.69 Å². The summed E-state index contributed by atoms with van der Waals surface area (Å²) in [6.07, 6.45) is 0. The number of benzene rings is 2. The lowest BCUT2D eigenvalue weighted by Gasteiger charge is -2.23. The minimum Gasteiger partial charge on any atom is -0.277 e. The van der Waals surface area contributed by atoms with Gasteiger partial charge in [-0.1, -0.05) is 19.9 Å². The molecule has 2 aromatic rings. The lowest BCUT2D eigenvalue weighted by Crippen LogP contribution is -2.36. The first-order valence-electron chi connectivity index (χ1n) is 6.55. The van der Waals surface area contributed by atoms with Crippen LogP contribution in [0.1, 0.15) is 34.6 Å². The smallest absolute Gasteiger partial charge is 0.277 e. The number of imide groups is 1. The third-order valence-corrected chi connectivity index (χ3v) is 3.28. The quantitative estimate of drug-likeness (QED) is 0.458. The molecule has 0 N–H and O–H groups in total.